The van der Waals surface area contributed by atoms with Crippen molar-refractivity contribution in [1.29, 1.82) is 0 Å². The zero-order valence-corrected chi connectivity index (χ0v) is 11.5. The smallest absolute Gasteiger partial charge is 0.251 e. The number of aromatic nitrogens is 1. The number of para-hydroxylation sites is 1. The largest absolute Gasteiger partial charge is 0.395 e. The number of pyridine rings is 1. The number of anilines is 1. The molecule has 0 saturated carbocycles. The highest BCUT2D eigenvalue weighted by Crippen LogP contribution is 2.21. The number of alkyl halides is 2. The van der Waals surface area contributed by atoms with Crippen LogP contribution in [0.25, 0.3) is 10.9 Å². The molecule has 1 aromatic heterocycles. The number of aliphatic hydroxyl groups excluding tert-OH is 1. The Bertz CT molecular complexity index is 594. The maximum Gasteiger partial charge on any atom is 0.251 e. The molecule has 1 heterocycles. The molecule has 0 spiro atoms. The van der Waals surface area contributed by atoms with Gasteiger partial charge in [-0.1, -0.05) is 18.2 Å². The fourth-order valence-electron chi connectivity index (χ4n) is 2.22. The predicted octanol–water partition coefficient (Wildman–Crippen LogP) is 1.58. The van der Waals surface area contributed by atoms with Crippen molar-refractivity contribution in [2.24, 2.45) is 5.84 Å². The molecule has 0 bridgehead atoms. The van der Waals surface area contributed by atoms with Crippen LogP contribution < -0.4 is 11.3 Å². The van der Waals surface area contributed by atoms with Crippen LogP contribution >= 0.6 is 0 Å². The normalized spacial score (nSPS) is 11.5. The molecular weight excluding hydrogens is 278 g/mol. The van der Waals surface area contributed by atoms with Crippen molar-refractivity contribution in [3.8, 4) is 0 Å². The number of hydrogen-bond donors (Lipinski definition) is 3. The van der Waals surface area contributed by atoms with Gasteiger partial charge in [0, 0.05) is 24.0 Å². The Morgan fingerprint density at radius 1 is 1.33 bits per heavy atom. The topological polar surface area (TPSA) is 74.4 Å². The van der Waals surface area contributed by atoms with Crippen LogP contribution in [-0.4, -0.2) is 41.1 Å². The van der Waals surface area contributed by atoms with Gasteiger partial charge in [-0.15, -0.1) is 0 Å². The summed E-state index contributed by atoms with van der Waals surface area (Å²) >= 11 is 0. The fraction of sp³-hybridized carbons (Fsp3) is 0.357. The van der Waals surface area contributed by atoms with Gasteiger partial charge in [0.05, 0.1) is 18.7 Å². The maximum absolute atomic E-state index is 12.6. The summed E-state index contributed by atoms with van der Waals surface area (Å²) in [6, 6.07) is 9.37. The molecule has 0 unspecified atom stereocenters. The van der Waals surface area contributed by atoms with Crippen LogP contribution in [-0.2, 0) is 6.54 Å². The number of benzene rings is 1. The zero-order chi connectivity index (χ0) is 15.2. The van der Waals surface area contributed by atoms with Gasteiger partial charge >= 0.3 is 0 Å². The van der Waals surface area contributed by atoms with E-state index in [0.29, 0.717) is 11.4 Å². The number of nitrogens with two attached hydrogens (primary N) is 1. The number of halogens is 2. The van der Waals surface area contributed by atoms with E-state index in [1.807, 2.05) is 30.3 Å². The maximum atomic E-state index is 12.6. The average molecular weight is 296 g/mol. The van der Waals surface area contributed by atoms with E-state index >= 15 is 0 Å². The molecule has 0 amide bonds. The van der Waals surface area contributed by atoms with Crippen molar-refractivity contribution in [2.45, 2.75) is 13.0 Å². The highest BCUT2D eigenvalue weighted by Gasteiger charge is 2.15. The second-order valence-corrected chi connectivity index (χ2v) is 4.68. The number of nitrogens with one attached hydrogen (secondary N) is 1. The number of rotatable bonds is 7. The highest BCUT2D eigenvalue weighted by molar-refractivity contribution is 5.81. The highest BCUT2D eigenvalue weighted by atomic mass is 19.3. The van der Waals surface area contributed by atoms with Crippen molar-refractivity contribution in [3.05, 3.63) is 35.9 Å². The number of hydrazine groups is 1. The summed E-state index contributed by atoms with van der Waals surface area (Å²) < 4.78 is 25.1. The van der Waals surface area contributed by atoms with Crippen molar-refractivity contribution in [3.63, 3.8) is 0 Å². The Labute approximate surface area is 121 Å². The molecule has 114 valence electrons. The lowest BCUT2D eigenvalue weighted by Crippen LogP contribution is -2.31. The molecule has 0 fully saturated rings. The molecule has 2 aromatic rings. The Hall–Kier alpha value is -1.83. The van der Waals surface area contributed by atoms with Gasteiger partial charge in [-0.3, -0.25) is 4.90 Å². The van der Waals surface area contributed by atoms with Crippen LogP contribution in [0.15, 0.2) is 30.3 Å². The summed E-state index contributed by atoms with van der Waals surface area (Å²) in [4.78, 5) is 5.84. The van der Waals surface area contributed by atoms with E-state index in [2.05, 4.69) is 10.4 Å². The van der Waals surface area contributed by atoms with E-state index in [9.17, 15) is 8.78 Å². The first kappa shape index (κ1) is 15.6. The van der Waals surface area contributed by atoms with Gasteiger partial charge in [0.1, 0.15) is 5.82 Å². The molecule has 4 N–H and O–H groups in total. The van der Waals surface area contributed by atoms with Crippen molar-refractivity contribution in [2.75, 3.05) is 25.1 Å². The zero-order valence-electron chi connectivity index (χ0n) is 11.5. The van der Waals surface area contributed by atoms with Gasteiger partial charge < -0.3 is 10.5 Å². The number of aliphatic hydroxyl groups is 1. The second kappa shape index (κ2) is 7.26. The molecule has 1 aromatic carbocycles. The molecule has 0 radical (unpaired) electrons. The minimum atomic E-state index is -2.46. The van der Waals surface area contributed by atoms with E-state index in [1.165, 1.54) is 4.90 Å². The molecule has 7 heteroatoms. The van der Waals surface area contributed by atoms with E-state index in [1.54, 1.807) is 0 Å². The standard InChI is InChI=1S/C14H18F2N4O/c15-13(16)9-20(5-6-21)8-11-7-10-3-1-2-4-12(10)18-14(11)19-17/h1-4,7,13,21H,5-6,8-9,17H2,(H,18,19). The van der Waals surface area contributed by atoms with E-state index in [4.69, 9.17) is 10.9 Å². The van der Waals surface area contributed by atoms with Crippen LogP contribution in [0, 0.1) is 0 Å². The third-order valence-electron chi connectivity index (χ3n) is 3.15. The summed E-state index contributed by atoms with van der Waals surface area (Å²) in [7, 11) is 0. The van der Waals surface area contributed by atoms with E-state index < -0.39 is 13.0 Å². The van der Waals surface area contributed by atoms with E-state index in [0.717, 1.165) is 10.9 Å². The third kappa shape index (κ3) is 4.07. The lowest BCUT2D eigenvalue weighted by molar-refractivity contribution is 0.0747. The minimum absolute atomic E-state index is 0.168. The SMILES string of the molecule is NNc1nc2ccccc2cc1CN(CCO)CC(F)F. The van der Waals surface area contributed by atoms with E-state index in [-0.39, 0.29) is 19.7 Å². The van der Waals surface area contributed by atoms with Gasteiger partial charge in [-0.05, 0) is 12.1 Å². The van der Waals surface area contributed by atoms with Gasteiger partial charge in [0.15, 0.2) is 0 Å². The Kier molecular flexibility index (Phi) is 5.38. The van der Waals surface area contributed by atoms with Gasteiger partial charge in [-0.2, -0.15) is 0 Å². The molecule has 21 heavy (non-hydrogen) atoms. The third-order valence-corrected chi connectivity index (χ3v) is 3.15. The van der Waals surface area contributed by atoms with Crippen molar-refractivity contribution in [1.82, 2.24) is 9.88 Å². The number of nitrogen functional groups attached to an aromatic ring is 1. The molecular formula is C14H18F2N4O. The van der Waals surface area contributed by atoms with Crippen molar-refractivity contribution < 1.29 is 13.9 Å². The van der Waals surface area contributed by atoms with Crippen LogP contribution in [0.3, 0.4) is 0 Å². The second-order valence-electron chi connectivity index (χ2n) is 4.68. The predicted molar refractivity (Wildman–Crippen MR) is 77.9 cm³/mol. The molecule has 0 aliphatic carbocycles. The van der Waals surface area contributed by atoms with Gasteiger partial charge in [-0.25, -0.2) is 19.6 Å². The summed E-state index contributed by atoms with van der Waals surface area (Å²) in [5.74, 6) is 5.91. The first-order valence-corrected chi connectivity index (χ1v) is 6.60. The van der Waals surface area contributed by atoms with Crippen molar-refractivity contribution >= 4 is 16.7 Å². The molecule has 0 saturated heterocycles. The Morgan fingerprint density at radius 2 is 2.10 bits per heavy atom. The molecule has 0 aliphatic rings. The molecule has 0 aliphatic heterocycles. The first-order valence-electron chi connectivity index (χ1n) is 6.60. The van der Waals surface area contributed by atoms with Gasteiger partial charge in [0.25, 0.3) is 6.43 Å². The van der Waals surface area contributed by atoms with Crippen LogP contribution in [0.1, 0.15) is 5.56 Å². The fourth-order valence-corrected chi connectivity index (χ4v) is 2.22. The molecule has 2 rings (SSSR count). The quantitative estimate of drug-likeness (QED) is 0.534. The summed E-state index contributed by atoms with van der Waals surface area (Å²) in [6.45, 7) is -0.181. The average Bonchev–Trinajstić information content (AvgIpc) is 2.46. The van der Waals surface area contributed by atoms with Crippen LogP contribution in [0.2, 0.25) is 0 Å². The Morgan fingerprint density at radius 3 is 2.76 bits per heavy atom. The summed E-state index contributed by atoms with van der Waals surface area (Å²) in [6.07, 6.45) is -2.46. The summed E-state index contributed by atoms with van der Waals surface area (Å²) in [5.41, 5.74) is 3.99. The monoisotopic (exact) mass is 296 g/mol. The van der Waals surface area contributed by atoms with Crippen LogP contribution in [0.4, 0.5) is 14.6 Å². The first-order chi connectivity index (χ1) is 10.1. The lowest BCUT2D eigenvalue weighted by Gasteiger charge is -2.22. The Balaban J connectivity index is 2.29. The number of nitrogens with zero attached hydrogens (tertiary/aromatic N) is 2. The minimum Gasteiger partial charge on any atom is -0.395 e. The number of fused-ring (bicyclic) bond motifs is 1. The molecule has 0 atom stereocenters. The molecule has 5 nitrogen and oxygen atoms in total. The van der Waals surface area contributed by atoms with Crippen LogP contribution in [0.5, 0.6) is 0 Å². The lowest BCUT2D eigenvalue weighted by atomic mass is 10.1. The summed E-state index contributed by atoms with van der Waals surface area (Å²) in [5, 5.41) is 9.89. The van der Waals surface area contributed by atoms with Gasteiger partial charge in [0.2, 0.25) is 0 Å². The number of hydrogen-bond acceptors (Lipinski definition) is 5.